The predicted molar refractivity (Wildman–Crippen MR) is 118 cm³/mol. The summed E-state index contributed by atoms with van der Waals surface area (Å²) in [6, 6.07) is 12.6. The van der Waals surface area contributed by atoms with Gasteiger partial charge in [0.1, 0.15) is 17.5 Å². The van der Waals surface area contributed by atoms with E-state index in [0.717, 1.165) is 0 Å². The highest BCUT2D eigenvalue weighted by molar-refractivity contribution is 5.96. The second-order valence-corrected chi connectivity index (χ2v) is 8.72. The fourth-order valence-electron chi connectivity index (χ4n) is 3.97. The number of nitrogens with zero attached hydrogens (tertiary/aromatic N) is 1. The van der Waals surface area contributed by atoms with Crippen molar-refractivity contribution in [1.29, 1.82) is 0 Å². The van der Waals surface area contributed by atoms with Gasteiger partial charge in [-0.05, 0) is 45.4 Å². The van der Waals surface area contributed by atoms with E-state index in [-0.39, 0.29) is 12.0 Å². The van der Waals surface area contributed by atoms with E-state index in [1.54, 1.807) is 51.1 Å². The van der Waals surface area contributed by atoms with Crippen LogP contribution >= 0.6 is 0 Å². The highest BCUT2D eigenvalue weighted by Gasteiger charge is 2.51. The highest BCUT2D eigenvalue weighted by atomic mass is 19.1. The minimum absolute atomic E-state index is 0.0156. The van der Waals surface area contributed by atoms with E-state index in [0.29, 0.717) is 5.69 Å². The number of amides is 2. The average molecular weight is 442 g/mol. The summed E-state index contributed by atoms with van der Waals surface area (Å²) in [5, 5.41) is 2.81. The number of nitrogens with two attached hydrogens (primary N) is 1. The van der Waals surface area contributed by atoms with Gasteiger partial charge in [0.15, 0.2) is 0 Å². The zero-order chi connectivity index (χ0) is 23.5. The third-order valence-corrected chi connectivity index (χ3v) is 5.24. The lowest BCUT2D eigenvalue weighted by Crippen LogP contribution is -2.47. The van der Waals surface area contributed by atoms with Crippen LogP contribution < -0.4 is 11.1 Å². The molecule has 0 radical (unpaired) electrons. The smallest absolute Gasteiger partial charge is 0.329 e. The molecule has 32 heavy (non-hydrogen) atoms. The first-order chi connectivity index (χ1) is 15.1. The van der Waals surface area contributed by atoms with Crippen molar-refractivity contribution in [3.8, 4) is 0 Å². The van der Waals surface area contributed by atoms with Crippen molar-refractivity contribution in [2.75, 3.05) is 11.9 Å². The number of nitrogens with one attached hydrogen (secondary N) is 1. The summed E-state index contributed by atoms with van der Waals surface area (Å²) in [5.74, 6) is -3.11. The van der Waals surface area contributed by atoms with Crippen molar-refractivity contribution in [3.05, 3.63) is 66.0 Å². The van der Waals surface area contributed by atoms with Gasteiger partial charge in [-0.2, -0.15) is 0 Å². The van der Waals surface area contributed by atoms with Crippen LogP contribution in [0.4, 0.5) is 10.1 Å². The molecule has 170 valence electrons. The van der Waals surface area contributed by atoms with Crippen LogP contribution in [0.1, 0.15) is 38.8 Å². The van der Waals surface area contributed by atoms with Crippen LogP contribution in [0.3, 0.4) is 0 Å². The third-order valence-electron chi connectivity index (χ3n) is 5.24. The zero-order valence-corrected chi connectivity index (χ0v) is 18.4. The Bertz CT molecular complexity index is 990. The molecule has 8 heteroatoms. The Labute approximate surface area is 186 Å². The minimum Gasteiger partial charge on any atom is -0.458 e. The number of esters is 1. The van der Waals surface area contributed by atoms with Crippen molar-refractivity contribution in [3.63, 3.8) is 0 Å². The topological polar surface area (TPSA) is 102 Å². The van der Waals surface area contributed by atoms with Gasteiger partial charge in [-0.1, -0.05) is 36.4 Å². The summed E-state index contributed by atoms with van der Waals surface area (Å²) >= 11 is 0. The van der Waals surface area contributed by atoms with Crippen LogP contribution in [0.15, 0.2) is 54.6 Å². The Morgan fingerprint density at radius 1 is 1.09 bits per heavy atom. The summed E-state index contributed by atoms with van der Waals surface area (Å²) < 4.78 is 20.3. The predicted octanol–water partition coefficient (Wildman–Crippen LogP) is 3.02. The van der Waals surface area contributed by atoms with Gasteiger partial charge in [0.2, 0.25) is 11.8 Å². The number of rotatable bonds is 5. The zero-order valence-electron chi connectivity index (χ0n) is 18.4. The molecule has 2 amide bonds. The molecule has 0 saturated carbocycles. The first-order valence-electron chi connectivity index (χ1n) is 10.5. The largest absolute Gasteiger partial charge is 0.458 e. The molecule has 3 atom stereocenters. The SMILES string of the molecule is CC(C)(C)OC(=O)C1CC(C(=O)Nc2ccccc2)C(c2ccccc2F)N1C(=O)CN. The first kappa shape index (κ1) is 23.4. The number of anilines is 1. The number of halogens is 1. The van der Waals surface area contributed by atoms with E-state index in [1.165, 1.54) is 23.1 Å². The van der Waals surface area contributed by atoms with Crippen molar-refractivity contribution in [1.82, 2.24) is 4.90 Å². The summed E-state index contributed by atoms with van der Waals surface area (Å²) in [4.78, 5) is 40.3. The maximum Gasteiger partial charge on any atom is 0.329 e. The van der Waals surface area contributed by atoms with Crippen molar-refractivity contribution < 1.29 is 23.5 Å². The fourth-order valence-corrected chi connectivity index (χ4v) is 3.97. The number of carbonyl (C=O) groups excluding carboxylic acids is 3. The van der Waals surface area contributed by atoms with E-state index in [1.807, 2.05) is 6.07 Å². The van der Waals surface area contributed by atoms with E-state index in [4.69, 9.17) is 10.5 Å². The number of likely N-dealkylation sites (tertiary alicyclic amines) is 1. The molecule has 0 bridgehead atoms. The molecule has 1 fully saturated rings. The Morgan fingerprint density at radius 3 is 2.31 bits per heavy atom. The van der Waals surface area contributed by atoms with Gasteiger partial charge in [-0.3, -0.25) is 9.59 Å². The molecule has 7 nitrogen and oxygen atoms in total. The summed E-state index contributed by atoms with van der Waals surface area (Å²) in [6.45, 7) is 4.74. The summed E-state index contributed by atoms with van der Waals surface area (Å²) in [5.41, 5.74) is 5.53. The fraction of sp³-hybridized carbons (Fsp3) is 0.375. The van der Waals surface area contributed by atoms with Crippen molar-refractivity contribution >= 4 is 23.5 Å². The van der Waals surface area contributed by atoms with Crippen LogP contribution in [0.2, 0.25) is 0 Å². The number of ether oxygens (including phenoxy) is 1. The molecule has 1 aliphatic rings. The van der Waals surface area contributed by atoms with E-state index >= 15 is 0 Å². The van der Waals surface area contributed by atoms with Crippen LogP contribution in [0.25, 0.3) is 0 Å². The Morgan fingerprint density at radius 2 is 1.72 bits per heavy atom. The third kappa shape index (κ3) is 5.13. The second-order valence-electron chi connectivity index (χ2n) is 8.72. The summed E-state index contributed by atoms with van der Waals surface area (Å²) in [6.07, 6.45) is -0.0156. The molecular weight excluding hydrogens is 413 g/mol. The highest BCUT2D eigenvalue weighted by Crippen LogP contribution is 2.43. The summed E-state index contributed by atoms with van der Waals surface area (Å²) in [7, 11) is 0. The molecule has 3 N–H and O–H groups in total. The normalized spacial score (nSPS) is 20.7. The molecule has 0 aromatic heterocycles. The van der Waals surface area contributed by atoms with Gasteiger partial charge in [-0.25, -0.2) is 9.18 Å². The standard InChI is InChI=1S/C24H28FN3O4/c1-24(2,3)32-23(31)19-13-17(22(30)27-15-9-5-4-6-10-15)21(28(19)20(29)14-26)16-11-7-8-12-18(16)25/h4-12,17,19,21H,13-14,26H2,1-3H3,(H,27,30). The van der Waals surface area contributed by atoms with E-state index in [9.17, 15) is 18.8 Å². The van der Waals surface area contributed by atoms with Crippen LogP contribution in [0, 0.1) is 11.7 Å². The van der Waals surface area contributed by atoms with Crippen LogP contribution in [-0.2, 0) is 19.1 Å². The van der Waals surface area contributed by atoms with Crippen LogP contribution in [0.5, 0.6) is 0 Å². The first-order valence-corrected chi connectivity index (χ1v) is 10.5. The van der Waals surface area contributed by atoms with Gasteiger partial charge >= 0.3 is 5.97 Å². The molecule has 0 aliphatic carbocycles. The molecular formula is C24H28FN3O4. The number of hydrogen-bond acceptors (Lipinski definition) is 5. The average Bonchev–Trinajstić information content (AvgIpc) is 3.14. The lowest BCUT2D eigenvalue weighted by atomic mass is 9.91. The van der Waals surface area contributed by atoms with Gasteiger partial charge in [0.25, 0.3) is 0 Å². The Balaban J connectivity index is 2.04. The van der Waals surface area contributed by atoms with Gasteiger partial charge < -0.3 is 20.7 Å². The minimum atomic E-state index is -1.07. The van der Waals surface area contributed by atoms with Crippen LogP contribution in [-0.4, -0.2) is 40.9 Å². The van der Waals surface area contributed by atoms with Gasteiger partial charge in [0, 0.05) is 11.3 Å². The van der Waals surface area contributed by atoms with E-state index < -0.39 is 53.7 Å². The molecule has 3 unspecified atom stereocenters. The molecule has 2 aromatic carbocycles. The van der Waals surface area contributed by atoms with Crippen molar-refractivity contribution in [2.45, 2.75) is 44.9 Å². The number of hydrogen-bond donors (Lipinski definition) is 2. The lowest BCUT2D eigenvalue weighted by molar-refractivity contribution is -0.164. The molecule has 3 rings (SSSR count). The second kappa shape index (κ2) is 9.48. The number of carbonyl (C=O) groups is 3. The maximum absolute atomic E-state index is 14.8. The maximum atomic E-state index is 14.8. The molecule has 1 aliphatic heterocycles. The molecule has 1 saturated heterocycles. The Kier molecular flexibility index (Phi) is 6.93. The van der Waals surface area contributed by atoms with E-state index in [2.05, 4.69) is 5.32 Å². The van der Waals surface area contributed by atoms with Gasteiger partial charge in [-0.15, -0.1) is 0 Å². The quantitative estimate of drug-likeness (QED) is 0.695. The Hall–Kier alpha value is -3.26. The van der Waals surface area contributed by atoms with Crippen molar-refractivity contribution in [2.24, 2.45) is 11.7 Å². The number of para-hydroxylation sites is 1. The molecule has 1 heterocycles. The molecule has 0 spiro atoms. The van der Waals surface area contributed by atoms with Gasteiger partial charge in [0.05, 0.1) is 18.5 Å². The number of benzene rings is 2. The monoisotopic (exact) mass is 441 g/mol. The molecule has 2 aromatic rings. The lowest BCUT2D eigenvalue weighted by Gasteiger charge is -2.32.